The summed E-state index contributed by atoms with van der Waals surface area (Å²) in [6.07, 6.45) is 0. The minimum atomic E-state index is -3.48. The van der Waals surface area contributed by atoms with E-state index in [9.17, 15) is 8.42 Å². The van der Waals surface area contributed by atoms with Crippen molar-refractivity contribution < 1.29 is 8.42 Å². The van der Waals surface area contributed by atoms with Crippen LogP contribution in [0.5, 0.6) is 0 Å². The number of nitrogens with one attached hydrogen (secondary N) is 1. The Labute approximate surface area is 154 Å². The topological polar surface area (TPSA) is 52.7 Å². The third kappa shape index (κ3) is 4.95. The Morgan fingerprint density at radius 1 is 0.920 bits per heavy atom. The van der Waals surface area contributed by atoms with Gasteiger partial charge >= 0.3 is 0 Å². The SMILES string of the molecule is O=S(=O)(NCCN1CCN(c2ccccc2)CC1)c1ccc(Cl)cc1. The number of nitrogens with zero attached hydrogens (tertiary/aromatic N) is 2. The number of rotatable bonds is 6. The van der Waals surface area contributed by atoms with Gasteiger partial charge in [0.25, 0.3) is 0 Å². The van der Waals surface area contributed by atoms with Crippen LogP contribution in [0.3, 0.4) is 0 Å². The van der Waals surface area contributed by atoms with Crippen LogP contribution in [-0.2, 0) is 10.0 Å². The van der Waals surface area contributed by atoms with E-state index >= 15 is 0 Å². The molecule has 5 nitrogen and oxygen atoms in total. The van der Waals surface area contributed by atoms with Gasteiger partial charge in [0, 0.05) is 50.0 Å². The lowest BCUT2D eigenvalue weighted by Crippen LogP contribution is -2.48. The van der Waals surface area contributed by atoms with Crippen LogP contribution < -0.4 is 9.62 Å². The first-order valence-corrected chi connectivity index (χ1v) is 10.2. The third-order valence-corrected chi connectivity index (χ3v) is 6.07. The van der Waals surface area contributed by atoms with E-state index in [2.05, 4.69) is 26.7 Å². The monoisotopic (exact) mass is 379 g/mol. The Kier molecular flexibility index (Phi) is 5.96. The summed E-state index contributed by atoms with van der Waals surface area (Å²) >= 11 is 5.80. The Balaban J connectivity index is 1.45. The maximum atomic E-state index is 12.2. The summed E-state index contributed by atoms with van der Waals surface area (Å²) in [5.41, 5.74) is 1.24. The molecule has 1 aliphatic rings. The molecule has 0 saturated carbocycles. The van der Waals surface area contributed by atoms with Crippen molar-refractivity contribution in [3.05, 3.63) is 59.6 Å². The van der Waals surface area contributed by atoms with E-state index in [1.54, 1.807) is 12.1 Å². The number of sulfonamides is 1. The number of para-hydroxylation sites is 1. The van der Waals surface area contributed by atoms with Gasteiger partial charge in [-0.15, -0.1) is 0 Å². The number of anilines is 1. The fourth-order valence-electron chi connectivity index (χ4n) is 2.90. The van der Waals surface area contributed by atoms with E-state index in [-0.39, 0.29) is 4.90 Å². The zero-order valence-corrected chi connectivity index (χ0v) is 15.5. The van der Waals surface area contributed by atoms with Gasteiger partial charge in [-0.3, -0.25) is 4.90 Å². The maximum Gasteiger partial charge on any atom is 0.240 e. The van der Waals surface area contributed by atoms with Crippen molar-refractivity contribution in [1.29, 1.82) is 0 Å². The standard InChI is InChI=1S/C18H22ClN3O2S/c19-16-6-8-18(9-7-16)25(23,24)20-10-11-21-12-14-22(15-13-21)17-4-2-1-3-5-17/h1-9,20H,10-15H2. The second-order valence-corrected chi connectivity index (χ2v) is 8.22. The minimum Gasteiger partial charge on any atom is -0.369 e. The van der Waals surface area contributed by atoms with Gasteiger partial charge in [0.2, 0.25) is 10.0 Å². The molecule has 0 aromatic heterocycles. The lowest BCUT2D eigenvalue weighted by Gasteiger charge is -2.36. The molecule has 0 aliphatic carbocycles. The van der Waals surface area contributed by atoms with Gasteiger partial charge in [-0.2, -0.15) is 0 Å². The first-order chi connectivity index (χ1) is 12.0. The largest absolute Gasteiger partial charge is 0.369 e. The van der Waals surface area contributed by atoms with Crippen molar-refractivity contribution in [2.24, 2.45) is 0 Å². The highest BCUT2D eigenvalue weighted by atomic mass is 35.5. The van der Waals surface area contributed by atoms with Crippen LogP contribution >= 0.6 is 11.6 Å². The molecule has 0 bridgehead atoms. The van der Waals surface area contributed by atoms with Crippen LogP contribution in [-0.4, -0.2) is 52.6 Å². The molecular weight excluding hydrogens is 358 g/mol. The predicted octanol–water partition coefficient (Wildman–Crippen LogP) is 2.44. The predicted molar refractivity (Wildman–Crippen MR) is 102 cm³/mol. The van der Waals surface area contributed by atoms with Crippen molar-refractivity contribution in [1.82, 2.24) is 9.62 Å². The summed E-state index contributed by atoms with van der Waals surface area (Å²) in [6.45, 7) is 4.86. The number of hydrogen-bond acceptors (Lipinski definition) is 4. The van der Waals surface area contributed by atoms with Crippen molar-refractivity contribution >= 4 is 27.3 Å². The Morgan fingerprint density at radius 3 is 2.20 bits per heavy atom. The van der Waals surface area contributed by atoms with E-state index in [1.165, 1.54) is 17.8 Å². The number of hydrogen-bond donors (Lipinski definition) is 1. The molecule has 2 aromatic carbocycles. The highest BCUT2D eigenvalue weighted by molar-refractivity contribution is 7.89. The normalized spacial score (nSPS) is 16.1. The van der Waals surface area contributed by atoms with Crippen molar-refractivity contribution in [2.45, 2.75) is 4.90 Å². The van der Waals surface area contributed by atoms with Crippen molar-refractivity contribution in [2.75, 3.05) is 44.2 Å². The smallest absolute Gasteiger partial charge is 0.240 e. The summed E-state index contributed by atoms with van der Waals surface area (Å²) < 4.78 is 27.1. The average molecular weight is 380 g/mol. The molecule has 25 heavy (non-hydrogen) atoms. The molecule has 1 heterocycles. The molecule has 7 heteroatoms. The van der Waals surface area contributed by atoms with E-state index in [1.807, 2.05) is 18.2 Å². The van der Waals surface area contributed by atoms with E-state index in [0.29, 0.717) is 18.1 Å². The fraction of sp³-hybridized carbons (Fsp3) is 0.333. The van der Waals surface area contributed by atoms with Crippen molar-refractivity contribution in [3.63, 3.8) is 0 Å². The van der Waals surface area contributed by atoms with E-state index < -0.39 is 10.0 Å². The van der Waals surface area contributed by atoms with Gasteiger partial charge in [-0.25, -0.2) is 13.1 Å². The zero-order valence-electron chi connectivity index (χ0n) is 13.9. The molecule has 1 aliphatic heterocycles. The van der Waals surface area contributed by atoms with Crippen molar-refractivity contribution in [3.8, 4) is 0 Å². The number of benzene rings is 2. The molecule has 0 amide bonds. The quantitative estimate of drug-likeness (QED) is 0.837. The lowest BCUT2D eigenvalue weighted by molar-refractivity contribution is 0.262. The van der Waals surface area contributed by atoms with Crippen LogP contribution in [0.4, 0.5) is 5.69 Å². The highest BCUT2D eigenvalue weighted by Gasteiger charge is 2.18. The molecule has 1 fully saturated rings. The van der Waals surface area contributed by atoms with E-state index in [4.69, 9.17) is 11.6 Å². The van der Waals surface area contributed by atoms with Gasteiger partial charge < -0.3 is 4.90 Å². The molecular formula is C18H22ClN3O2S. The molecule has 0 atom stereocenters. The lowest BCUT2D eigenvalue weighted by atomic mass is 10.2. The van der Waals surface area contributed by atoms with Crippen LogP contribution in [0.1, 0.15) is 0 Å². The summed E-state index contributed by atoms with van der Waals surface area (Å²) in [7, 11) is -3.48. The fourth-order valence-corrected chi connectivity index (χ4v) is 4.05. The molecule has 0 spiro atoms. The van der Waals surface area contributed by atoms with Gasteiger partial charge in [0.1, 0.15) is 0 Å². The maximum absolute atomic E-state index is 12.2. The first kappa shape index (κ1) is 18.2. The van der Waals surface area contributed by atoms with Crippen LogP contribution in [0.25, 0.3) is 0 Å². The molecule has 134 valence electrons. The van der Waals surface area contributed by atoms with E-state index in [0.717, 1.165) is 26.2 Å². The molecule has 1 N–H and O–H groups in total. The molecule has 2 aromatic rings. The average Bonchev–Trinajstić information content (AvgIpc) is 2.63. The van der Waals surface area contributed by atoms with Gasteiger partial charge in [0.15, 0.2) is 0 Å². The summed E-state index contributed by atoms with van der Waals surface area (Å²) in [5, 5.41) is 0.523. The zero-order chi connectivity index (χ0) is 17.7. The molecule has 1 saturated heterocycles. The molecule has 3 rings (SSSR count). The van der Waals surface area contributed by atoms with Gasteiger partial charge in [-0.1, -0.05) is 29.8 Å². The Morgan fingerprint density at radius 2 is 1.56 bits per heavy atom. The third-order valence-electron chi connectivity index (χ3n) is 4.34. The van der Waals surface area contributed by atoms with Crippen LogP contribution in [0.2, 0.25) is 5.02 Å². The van der Waals surface area contributed by atoms with Crippen LogP contribution in [0.15, 0.2) is 59.5 Å². The second-order valence-electron chi connectivity index (χ2n) is 6.02. The molecule has 0 radical (unpaired) electrons. The van der Waals surface area contributed by atoms with Gasteiger partial charge in [0.05, 0.1) is 4.90 Å². The second kappa shape index (κ2) is 8.19. The minimum absolute atomic E-state index is 0.241. The summed E-state index contributed by atoms with van der Waals surface area (Å²) in [4.78, 5) is 4.88. The summed E-state index contributed by atoms with van der Waals surface area (Å²) in [5.74, 6) is 0. The highest BCUT2D eigenvalue weighted by Crippen LogP contribution is 2.16. The molecule has 0 unspecified atom stereocenters. The Bertz CT molecular complexity index is 774. The number of piperazine rings is 1. The number of halogens is 1. The van der Waals surface area contributed by atoms with Crippen LogP contribution in [0, 0.1) is 0 Å². The Hall–Kier alpha value is -1.60. The summed E-state index contributed by atoms with van der Waals surface area (Å²) in [6, 6.07) is 16.6. The van der Waals surface area contributed by atoms with Gasteiger partial charge in [-0.05, 0) is 36.4 Å². The first-order valence-electron chi connectivity index (χ1n) is 8.32.